The van der Waals surface area contributed by atoms with Gasteiger partial charge in [0.1, 0.15) is 6.04 Å². The second-order valence-corrected chi connectivity index (χ2v) is 8.93. The maximum Gasteiger partial charge on any atom is 0.241 e. The molecular weight excluding hydrogens is 474 g/mol. The maximum atomic E-state index is 13.1. The third-order valence-electron chi connectivity index (χ3n) is 6.36. The van der Waals surface area contributed by atoms with Gasteiger partial charge in [-0.25, -0.2) is 10.9 Å². The van der Waals surface area contributed by atoms with Crippen LogP contribution in [0.15, 0.2) is 40.9 Å². The van der Waals surface area contributed by atoms with Crippen molar-refractivity contribution in [3.8, 4) is 28.6 Å². The molecule has 2 aliphatic heterocycles. The molecule has 2 N–H and O–H groups in total. The number of halogens is 1. The van der Waals surface area contributed by atoms with E-state index in [4.69, 9.17) is 30.3 Å². The summed E-state index contributed by atoms with van der Waals surface area (Å²) in [7, 11) is 4.72. The van der Waals surface area contributed by atoms with Gasteiger partial charge in [-0.05, 0) is 36.2 Å². The zero-order valence-electron chi connectivity index (χ0n) is 19.6. The van der Waals surface area contributed by atoms with Gasteiger partial charge in [0.15, 0.2) is 11.5 Å². The van der Waals surface area contributed by atoms with Gasteiger partial charge >= 0.3 is 0 Å². The lowest BCUT2D eigenvalue weighted by Crippen LogP contribution is -2.54. The van der Waals surface area contributed by atoms with Gasteiger partial charge in [0, 0.05) is 29.7 Å². The van der Waals surface area contributed by atoms with Crippen LogP contribution in [0.1, 0.15) is 29.8 Å². The Hall–Kier alpha value is -3.34. The van der Waals surface area contributed by atoms with Crippen molar-refractivity contribution < 1.29 is 23.5 Å². The average Bonchev–Trinajstić information content (AvgIpc) is 3.52. The third-order valence-corrected chi connectivity index (χ3v) is 6.59. The van der Waals surface area contributed by atoms with Crippen LogP contribution in [0.2, 0.25) is 5.02 Å². The van der Waals surface area contributed by atoms with Crippen molar-refractivity contribution in [2.24, 2.45) is 0 Å². The van der Waals surface area contributed by atoms with E-state index in [2.05, 4.69) is 21.0 Å². The molecular formula is C24H26ClN5O5. The Balaban J connectivity index is 1.20. The van der Waals surface area contributed by atoms with Crippen molar-refractivity contribution in [2.45, 2.75) is 24.4 Å². The van der Waals surface area contributed by atoms with E-state index in [0.29, 0.717) is 53.5 Å². The van der Waals surface area contributed by atoms with E-state index >= 15 is 0 Å². The first-order valence-corrected chi connectivity index (χ1v) is 11.6. The third kappa shape index (κ3) is 4.52. The summed E-state index contributed by atoms with van der Waals surface area (Å²) in [6.45, 7) is 1.06. The summed E-state index contributed by atoms with van der Waals surface area (Å²) >= 11 is 6.05. The summed E-state index contributed by atoms with van der Waals surface area (Å²) in [5.74, 6) is 2.72. The summed E-state index contributed by atoms with van der Waals surface area (Å²) in [6.07, 6.45) is 0.581. The lowest BCUT2D eigenvalue weighted by molar-refractivity contribution is -0.138. The molecule has 3 aromatic rings. The van der Waals surface area contributed by atoms with Crippen molar-refractivity contribution in [3.63, 3.8) is 0 Å². The quantitative estimate of drug-likeness (QED) is 0.506. The molecule has 2 aliphatic rings. The van der Waals surface area contributed by atoms with Crippen LogP contribution in [0.25, 0.3) is 11.4 Å². The summed E-state index contributed by atoms with van der Waals surface area (Å²) < 4.78 is 21.8. The van der Waals surface area contributed by atoms with E-state index in [9.17, 15) is 4.79 Å². The molecule has 0 aliphatic carbocycles. The highest BCUT2D eigenvalue weighted by Gasteiger charge is 2.41. The Labute approximate surface area is 207 Å². The SMILES string of the molecule is COc1cc(C2CC(C(=O)N3CC(c4nc(-c5cccc(Cl)c5)no4)C3)NN2)cc(OC)c1OC. The van der Waals surface area contributed by atoms with E-state index in [1.807, 2.05) is 24.3 Å². The second-order valence-electron chi connectivity index (χ2n) is 8.49. The van der Waals surface area contributed by atoms with E-state index in [0.717, 1.165) is 11.1 Å². The summed E-state index contributed by atoms with van der Waals surface area (Å²) in [4.78, 5) is 19.4. The van der Waals surface area contributed by atoms with Crippen molar-refractivity contribution in [3.05, 3.63) is 52.9 Å². The van der Waals surface area contributed by atoms with E-state index in [1.54, 1.807) is 38.4 Å². The number of amides is 1. The molecule has 2 aromatic carbocycles. The fourth-order valence-electron chi connectivity index (χ4n) is 4.42. The normalized spacial score (nSPS) is 19.9. The highest BCUT2D eigenvalue weighted by Crippen LogP contribution is 2.41. The number of aromatic nitrogens is 2. The molecule has 5 rings (SSSR count). The Morgan fingerprint density at radius 1 is 1.09 bits per heavy atom. The fourth-order valence-corrected chi connectivity index (χ4v) is 4.61. The van der Waals surface area contributed by atoms with Crippen LogP contribution in [-0.2, 0) is 4.79 Å². The fraction of sp³-hybridized carbons (Fsp3) is 0.375. The first-order valence-electron chi connectivity index (χ1n) is 11.2. The molecule has 2 fully saturated rings. The number of benzene rings is 2. The molecule has 0 spiro atoms. The molecule has 0 bridgehead atoms. The van der Waals surface area contributed by atoms with E-state index in [1.165, 1.54) is 0 Å². The lowest BCUT2D eigenvalue weighted by Gasteiger charge is -2.38. The monoisotopic (exact) mass is 499 g/mol. The molecule has 0 saturated carbocycles. The number of likely N-dealkylation sites (tertiary alicyclic amines) is 1. The summed E-state index contributed by atoms with van der Waals surface area (Å²) in [5.41, 5.74) is 8.06. The standard InChI is InChI=1S/C24H26ClN5O5/c1-32-19-8-14(9-20(33-2)21(19)34-3)17-10-18(28-27-17)24(31)30-11-15(12-30)23-26-22(29-35-23)13-5-4-6-16(25)7-13/h4-9,15,17-18,27-28H,10-12H2,1-3H3. The molecule has 11 heteroatoms. The van der Waals surface area contributed by atoms with Crippen LogP contribution in [-0.4, -0.2) is 61.4 Å². The zero-order valence-corrected chi connectivity index (χ0v) is 20.3. The number of hydrogen-bond donors (Lipinski definition) is 2. The van der Waals surface area contributed by atoms with Gasteiger partial charge in [0.05, 0.1) is 27.2 Å². The Kier molecular flexibility index (Phi) is 6.50. The molecule has 1 amide bonds. The van der Waals surface area contributed by atoms with Gasteiger partial charge in [0.2, 0.25) is 23.4 Å². The van der Waals surface area contributed by atoms with Crippen LogP contribution in [0.5, 0.6) is 17.2 Å². The minimum atomic E-state index is -0.357. The number of nitrogens with one attached hydrogen (secondary N) is 2. The van der Waals surface area contributed by atoms with Crippen molar-refractivity contribution in [1.82, 2.24) is 25.9 Å². The predicted octanol–water partition coefficient (Wildman–Crippen LogP) is 2.95. The van der Waals surface area contributed by atoms with Gasteiger partial charge < -0.3 is 23.6 Å². The molecule has 184 valence electrons. The Bertz CT molecular complexity index is 1200. The molecule has 2 unspecified atom stereocenters. The number of methoxy groups -OCH3 is 3. The minimum Gasteiger partial charge on any atom is -0.493 e. The molecule has 1 aromatic heterocycles. The topological polar surface area (TPSA) is 111 Å². The van der Waals surface area contributed by atoms with Crippen LogP contribution in [0, 0.1) is 0 Å². The van der Waals surface area contributed by atoms with Crippen molar-refractivity contribution in [2.75, 3.05) is 34.4 Å². The number of carbonyl (C=O) groups is 1. The van der Waals surface area contributed by atoms with Crippen LogP contribution < -0.4 is 25.1 Å². The molecule has 35 heavy (non-hydrogen) atoms. The average molecular weight is 500 g/mol. The van der Waals surface area contributed by atoms with Gasteiger partial charge in [-0.1, -0.05) is 28.9 Å². The largest absolute Gasteiger partial charge is 0.493 e. The number of nitrogens with zero attached hydrogens (tertiary/aromatic N) is 3. The van der Waals surface area contributed by atoms with E-state index in [-0.39, 0.29) is 23.9 Å². The molecule has 0 radical (unpaired) electrons. The highest BCUT2D eigenvalue weighted by atomic mass is 35.5. The molecule has 10 nitrogen and oxygen atoms in total. The minimum absolute atomic E-state index is 0.0136. The Morgan fingerprint density at radius 2 is 1.83 bits per heavy atom. The first-order chi connectivity index (χ1) is 17.0. The van der Waals surface area contributed by atoms with Gasteiger partial charge in [-0.15, -0.1) is 0 Å². The van der Waals surface area contributed by atoms with Crippen LogP contribution >= 0.6 is 11.6 Å². The number of hydrogen-bond acceptors (Lipinski definition) is 9. The summed E-state index contributed by atoms with van der Waals surface area (Å²) in [6, 6.07) is 10.6. The maximum absolute atomic E-state index is 13.1. The lowest BCUT2D eigenvalue weighted by atomic mass is 9.96. The van der Waals surface area contributed by atoms with Gasteiger partial charge in [-0.3, -0.25) is 4.79 Å². The van der Waals surface area contributed by atoms with Crippen molar-refractivity contribution in [1.29, 1.82) is 0 Å². The molecule has 3 heterocycles. The zero-order chi connectivity index (χ0) is 24.5. The molecule has 2 saturated heterocycles. The van der Waals surface area contributed by atoms with Gasteiger partial charge in [0.25, 0.3) is 0 Å². The summed E-state index contributed by atoms with van der Waals surface area (Å²) in [5, 5.41) is 4.67. The van der Waals surface area contributed by atoms with Crippen LogP contribution in [0.4, 0.5) is 0 Å². The van der Waals surface area contributed by atoms with E-state index < -0.39 is 0 Å². The van der Waals surface area contributed by atoms with Crippen molar-refractivity contribution >= 4 is 17.5 Å². The van der Waals surface area contributed by atoms with Crippen LogP contribution in [0.3, 0.4) is 0 Å². The number of hydrazine groups is 1. The first kappa shape index (κ1) is 23.4. The molecule has 2 atom stereocenters. The number of carbonyl (C=O) groups excluding carboxylic acids is 1. The van der Waals surface area contributed by atoms with Gasteiger partial charge in [-0.2, -0.15) is 4.98 Å². The number of rotatable bonds is 7. The second kappa shape index (κ2) is 9.73. The number of ether oxygens (including phenoxy) is 3. The predicted molar refractivity (Wildman–Crippen MR) is 128 cm³/mol. The highest BCUT2D eigenvalue weighted by molar-refractivity contribution is 6.30. The smallest absolute Gasteiger partial charge is 0.241 e. The Morgan fingerprint density at radius 3 is 2.49 bits per heavy atom.